The molecule has 1 aromatic carbocycles. The molecule has 3 fully saturated rings. The molecule has 0 aliphatic heterocycles. The van der Waals surface area contributed by atoms with Crippen LogP contribution in [0.2, 0.25) is 0 Å². The predicted molar refractivity (Wildman–Crippen MR) is 137 cm³/mol. The van der Waals surface area contributed by atoms with Crippen LogP contribution in [0.4, 0.5) is 13.2 Å². The number of allylic oxidation sites excluding steroid dienone is 1. The smallest absolute Gasteiger partial charge is 0.206 e. The zero-order valence-electron chi connectivity index (χ0n) is 21.4. The first-order valence-corrected chi connectivity index (χ1v) is 14.2. The third-order valence-electron chi connectivity index (χ3n) is 9.54. The van der Waals surface area contributed by atoms with Crippen LogP contribution in [0.15, 0.2) is 18.2 Å². The summed E-state index contributed by atoms with van der Waals surface area (Å²) in [5.41, 5.74) is 0.496. The number of hydrogen-bond acceptors (Lipinski definition) is 0. The fraction of sp³-hybridized carbons (Fsp3) is 0.742. The Morgan fingerprint density at radius 1 is 0.853 bits per heavy atom. The van der Waals surface area contributed by atoms with Crippen LogP contribution in [-0.2, 0) is 0 Å². The maximum Gasteiger partial charge on any atom is 0.267 e. The highest BCUT2D eigenvalue weighted by Crippen LogP contribution is 2.43. The predicted octanol–water partition coefficient (Wildman–Crippen LogP) is 10.5. The van der Waals surface area contributed by atoms with Crippen LogP contribution in [0.5, 0.6) is 0 Å². The van der Waals surface area contributed by atoms with Gasteiger partial charge in [0.05, 0.1) is 5.56 Å². The van der Waals surface area contributed by atoms with Crippen molar-refractivity contribution in [2.75, 3.05) is 0 Å². The first-order chi connectivity index (χ1) is 16.5. The molecule has 0 spiro atoms. The molecule has 0 unspecified atom stereocenters. The van der Waals surface area contributed by atoms with Gasteiger partial charge in [0, 0.05) is 0 Å². The van der Waals surface area contributed by atoms with Crippen LogP contribution < -0.4 is 0 Å². The van der Waals surface area contributed by atoms with Gasteiger partial charge in [0.2, 0.25) is 0 Å². The van der Waals surface area contributed by atoms with Crippen LogP contribution in [0.3, 0.4) is 0 Å². The zero-order chi connectivity index (χ0) is 24.1. The molecule has 0 amide bonds. The molecule has 0 bridgehead atoms. The van der Waals surface area contributed by atoms with Crippen LogP contribution in [-0.4, -0.2) is 0 Å². The monoisotopic (exact) mass is 474 g/mol. The van der Waals surface area contributed by atoms with Crippen molar-refractivity contribution in [2.45, 2.75) is 116 Å². The van der Waals surface area contributed by atoms with Crippen LogP contribution in [0, 0.1) is 35.4 Å². The first kappa shape index (κ1) is 25.8. The van der Waals surface area contributed by atoms with Crippen molar-refractivity contribution in [3.05, 3.63) is 40.7 Å². The van der Waals surface area contributed by atoms with Gasteiger partial charge < -0.3 is 0 Å². The third kappa shape index (κ3) is 6.30. The number of halogens is 3. The van der Waals surface area contributed by atoms with E-state index < -0.39 is 12.2 Å². The second-order valence-corrected chi connectivity index (χ2v) is 11.8. The van der Waals surface area contributed by atoms with Gasteiger partial charge in [-0.3, -0.25) is 0 Å². The summed E-state index contributed by atoms with van der Waals surface area (Å²) in [5, 5.41) is 0. The summed E-state index contributed by atoms with van der Waals surface area (Å²) < 4.78 is 43.1. The molecule has 0 saturated heterocycles. The van der Waals surface area contributed by atoms with E-state index in [2.05, 4.69) is 19.9 Å². The minimum atomic E-state index is -2.78. The van der Waals surface area contributed by atoms with Crippen molar-refractivity contribution < 1.29 is 13.2 Å². The van der Waals surface area contributed by atoms with Gasteiger partial charge in [0.25, 0.3) is 6.43 Å². The summed E-state index contributed by atoms with van der Waals surface area (Å²) in [6, 6.07) is 3.53. The minimum Gasteiger partial charge on any atom is -0.206 e. The molecule has 0 N–H and O–H groups in total. The zero-order valence-corrected chi connectivity index (χ0v) is 21.4. The topological polar surface area (TPSA) is 0 Å². The Labute approximate surface area is 205 Å². The Bertz CT molecular complexity index is 789. The molecule has 0 atom stereocenters. The molecule has 3 heteroatoms. The Balaban J connectivity index is 1.35. The lowest BCUT2D eigenvalue weighted by molar-refractivity contribution is 0.145. The Kier molecular flexibility index (Phi) is 9.22. The van der Waals surface area contributed by atoms with Crippen LogP contribution in [0.1, 0.15) is 133 Å². The van der Waals surface area contributed by atoms with E-state index in [-0.39, 0.29) is 11.5 Å². The summed E-state index contributed by atoms with van der Waals surface area (Å²) >= 11 is 0. The van der Waals surface area contributed by atoms with E-state index in [0.29, 0.717) is 23.0 Å². The van der Waals surface area contributed by atoms with Crippen LogP contribution >= 0.6 is 0 Å². The second kappa shape index (κ2) is 12.1. The molecular weight excluding hydrogens is 429 g/mol. The van der Waals surface area contributed by atoms with Crippen LogP contribution in [0.25, 0.3) is 6.08 Å². The molecule has 190 valence electrons. The van der Waals surface area contributed by atoms with E-state index in [1.165, 1.54) is 51.4 Å². The number of hydrogen-bond donors (Lipinski definition) is 0. The van der Waals surface area contributed by atoms with E-state index in [4.69, 9.17) is 0 Å². The van der Waals surface area contributed by atoms with Crippen molar-refractivity contribution in [3.8, 4) is 0 Å². The van der Waals surface area contributed by atoms with Crippen molar-refractivity contribution >= 4 is 6.08 Å². The van der Waals surface area contributed by atoms with Gasteiger partial charge in [0.1, 0.15) is 5.82 Å². The van der Waals surface area contributed by atoms with Gasteiger partial charge in [-0.15, -0.1) is 0 Å². The number of rotatable bonds is 7. The van der Waals surface area contributed by atoms with Crippen molar-refractivity contribution in [1.29, 1.82) is 0 Å². The molecule has 1 aromatic rings. The lowest BCUT2D eigenvalue weighted by atomic mass is 9.68. The molecule has 3 aliphatic rings. The largest absolute Gasteiger partial charge is 0.267 e. The van der Waals surface area contributed by atoms with E-state index >= 15 is 4.39 Å². The molecule has 0 radical (unpaired) electrons. The van der Waals surface area contributed by atoms with Gasteiger partial charge in [0.15, 0.2) is 0 Å². The Morgan fingerprint density at radius 3 is 2.06 bits per heavy atom. The lowest BCUT2D eigenvalue weighted by Gasteiger charge is -2.37. The SMILES string of the molecule is CCCC1CCC(C2CCC(C=Cc3ccc(C4CCC(C)CC4)c(F)c3C(F)F)CC2)CC1. The molecule has 34 heavy (non-hydrogen) atoms. The van der Waals surface area contributed by atoms with Gasteiger partial charge in [-0.25, -0.2) is 13.2 Å². The highest BCUT2D eigenvalue weighted by atomic mass is 19.3. The third-order valence-corrected chi connectivity index (χ3v) is 9.54. The number of benzene rings is 1. The molecule has 0 aromatic heterocycles. The molecular formula is C31H45F3. The van der Waals surface area contributed by atoms with Gasteiger partial charge in [-0.2, -0.15) is 0 Å². The summed E-state index contributed by atoms with van der Waals surface area (Å²) in [5.74, 6) is 3.21. The Morgan fingerprint density at radius 2 is 1.47 bits per heavy atom. The normalized spacial score (nSPS) is 33.0. The average Bonchev–Trinajstić information content (AvgIpc) is 2.84. The minimum absolute atomic E-state index is 0.0825. The summed E-state index contributed by atoms with van der Waals surface area (Å²) in [6.45, 7) is 4.52. The second-order valence-electron chi connectivity index (χ2n) is 11.8. The first-order valence-electron chi connectivity index (χ1n) is 14.2. The molecule has 0 nitrogen and oxygen atoms in total. The van der Waals surface area contributed by atoms with E-state index in [0.717, 1.165) is 56.3 Å². The lowest BCUT2D eigenvalue weighted by Crippen LogP contribution is -2.25. The average molecular weight is 475 g/mol. The van der Waals surface area contributed by atoms with Gasteiger partial charge in [-0.05, 0) is 98.0 Å². The van der Waals surface area contributed by atoms with Gasteiger partial charge >= 0.3 is 0 Å². The highest BCUT2D eigenvalue weighted by molar-refractivity contribution is 5.56. The maximum absolute atomic E-state index is 15.3. The Hall–Kier alpha value is -1.25. The molecule has 0 heterocycles. The van der Waals surface area contributed by atoms with E-state index in [1.54, 1.807) is 18.2 Å². The standard InChI is InChI=1S/C31H45F3/c1-3-4-22-7-14-24(15-8-22)25-16-9-23(10-17-25)11-18-27-19-20-28(30(32)29(27)31(33)34)26-12-5-21(2)6-13-26/h11,18-26,31H,3-10,12-17H2,1-2H3. The van der Waals surface area contributed by atoms with Crippen molar-refractivity contribution in [2.24, 2.45) is 29.6 Å². The fourth-order valence-corrected chi connectivity index (χ4v) is 7.28. The molecule has 3 aliphatic carbocycles. The van der Waals surface area contributed by atoms with Gasteiger partial charge in [-0.1, -0.05) is 76.7 Å². The van der Waals surface area contributed by atoms with Crippen molar-refractivity contribution in [1.82, 2.24) is 0 Å². The van der Waals surface area contributed by atoms with E-state index in [1.807, 2.05) is 0 Å². The summed E-state index contributed by atoms with van der Waals surface area (Å²) in [4.78, 5) is 0. The molecule has 4 rings (SSSR count). The number of alkyl halides is 2. The quantitative estimate of drug-likeness (QED) is 0.369. The highest BCUT2D eigenvalue weighted by Gasteiger charge is 2.31. The van der Waals surface area contributed by atoms with E-state index in [9.17, 15) is 8.78 Å². The maximum atomic E-state index is 15.3. The summed E-state index contributed by atoms with van der Waals surface area (Å²) in [6.07, 6.45) is 18.2. The fourth-order valence-electron chi connectivity index (χ4n) is 7.28. The summed E-state index contributed by atoms with van der Waals surface area (Å²) in [7, 11) is 0. The molecule has 3 saturated carbocycles. The van der Waals surface area contributed by atoms with Crippen molar-refractivity contribution in [3.63, 3.8) is 0 Å².